The maximum Gasteiger partial charge on any atom is 0.140 e. The highest BCUT2D eigenvalue weighted by Gasteiger charge is 2.21. The summed E-state index contributed by atoms with van der Waals surface area (Å²) in [5, 5.41) is 6.98. The molecular formula is C43H43FN4O. The molecule has 6 heteroatoms. The number of hydrogen-bond donors (Lipinski definition) is 0. The molecule has 0 aliphatic heterocycles. The Kier molecular flexibility index (Phi) is 9.05. The fraction of sp³-hybridized carbons (Fsp3) is 0.256. The van der Waals surface area contributed by atoms with Gasteiger partial charge < -0.3 is 4.74 Å². The second kappa shape index (κ2) is 13.7. The molecule has 4 aromatic carbocycles. The van der Waals surface area contributed by atoms with Gasteiger partial charge in [0.2, 0.25) is 0 Å². The zero-order valence-corrected chi connectivity index (χ0v) is 29.0. The molecule has 248 valence electrons. The lowest BCUT2D eigenvalue weighted by molar-refractivity contribution is 0.483. The van der Waals surface area contributed by atoms with Gasteiger partial charge in [-0.15, -0.1) is 0 Å². The molecule has 7 rings (SSSR count). The largest absolute Gasteiger partial charge is 0.457 e. The van der Waals surface area contributed by atoms with Gasteiger partial charge in [-0.05, 0) is 84.7 Å². The van der Waals surface area contributed by atoms with Crippen LogP contribution < -0.4 is 4.74 Å². The van der Waals surface area contributed by atoms with Crippen LogP contribution in [0.5, 0.6) is 11.5 Å². The lowest BCUT2D eigenvalue weighted by atomic mass is 9.81. The molecule has 0 radical (unpaired) electrons. The monoisotopic (exact) mass is 650 g/mol. The van der Waals surface area contributed by atoms with Crippen molar-refractivity contribution < 1.29 is 9.13 Å². The van der Waals surface area contributed by atoms with Crippen LogP contribution >= 0.6 is 0 Å². The molecule has 0 spiro atoms. The van der Waals surface area contributed by atoms with Crippen molar-refractivity contribution in [3.63, 3.8) is 0 Å². The molecule has 5 nitrogen and oxygen atoms in total. The normalized spacial score (nSPS) is 12.9. The summed E-state index contributed by atoms with van der Waals surface area (Å²) in [6, 6.07) is 29.7. The first-order valence-electron chi connectivity index (χ1n) is 17.5. The van der Waals surface area contributed by atoms with Crippen LogP contribution in [0.3, 0.4) is 0 Å². The first-order chi connectivity index (χ1) is 23.8. The summed E-state index contributed by atoms with van der Waals surface area (Å²) < 4.78 is 24.7. The van der Waals surface area contributed by atoms with Gasteiger partial charge in [-0.2, -0.15) is 5.10 Å². The number of aryl methyl sites for hydroxylation is 1. The number of pyridine rings is 1. The van der Waals surface area contributed by atoms with Crippen LogP contribution in [0, 0.1) is 12.7 Å². The molecule has 0 saturated carbocycles. The van der Waals surface area contributed by atoms with E-state index in [9.17, 15) is 4.39 Å². The van der Waals surface area contributed by atoms with Crippen molar-refractivity contribution in [1.82, 2.24) is 19.3 Å². The predicted octanol–water partition coefficient (Wildman–Crippen LogP) is 12.1. The molecule has 2 unspecified atom stereocenters. The molecule has 3 heterocycles. The van der Waals surface area contributed by atoms with Gasteiger partial charge in [0.05, 0.1) is 22.9 Å². The van der Waals surface area contributed by atoms with Crippen LogP contribution in [0.2, 0.25) is 0 Å². The molecule has 0 aliphatic carbocycles. The summed E-state index contributed by atoms with van der Waals surface area (Å²) in [7, 11) is 0. The Morgan fingerprint density at radius 1 is 0.755 bits per heavy atom. The van der Waals surface area contributed by atoms with E-state index in [4.69, 9.17) is 9.84 Å². The lowest BCUT2D eigenvalue weighted by Crippen LogP contribution is -2.04. The summed E-state index contributed by atoms with van der Waals surface area (Å²) in [5.74, 6) is 2.48. The molecule has 0 N–H and O–H groups in total. The Morgan fingerprint density at radius 3 is 2.20 bits per heavy atom. The smallest absolute Gasteiger partial charge is 0.140 e. The molecular weight excluding hydrogens is 607 g/mol. The number of aromatic nitrogens is 4. The van der Waals surface area contributed by atoms with Crippen molar-refractivity contribution in [3.05, 3.63) is 132 Å². The van der Waals surface area contributed by atoms with E-state index in [1.807, 2.05) is 64.0 Å². The average Bonchev–Trinajstić information content (AvgIpc) is 3.71. The fourth-order valence-electron chi connectivity index (χ4n) is 7.33. The van der Waals surface area contributed by atoms with Crippen LogP contribution in [0.25, 0.3) is 44.4 Å². The second-order valence-electron chi connectivity index (χ2n) is 13.3. The first kappa shape index (κ1) is 32.3. The molecule has 49 heavy (non-hydrogen) atoms. The standard InChI is InChI=1S/C43H43FN4O/c1-6-11-29(4)38-21-28(3)22-39(30(5)12-7-2)43(38)31-26-46-47(27-31)33-13-10-14-34(24-33)49-35-17-18-37-36-15-8-9-16-40(36)48(41(37)25-35)42-23-32(44)19-20-45-42/h8-10,13-27,29-30H,6-7,11-12H2,1-5H3. The molecule has 7 aromatic rings. The Bertz CT molecular complexity index is 2230. The Balaban J connectivity index is 1.24. The van der Waals surface area contributed by atoms with E-state index in [0.717, 1.165) is 58.7 Å². The van der Waals surface area contributed by atoms with Gasteiger partial charge in [0, 0.05) is 46.9 Å². The molecule has 3 aromatic heterocycles. The van der Waals surface area contributed by atoms with Crippen molar-refractivity contribution in [2.45, 2.75) is 72.1 Å². The zero-order chi connectivity index (χ0) is 34.1. The van der Waals surface area contributed by atoms with E-state index in [-0.39, 0.29) is 5.82 Å². The third kappa shape index (κ3) is 6.35. The number of para-hydroxylation sites is 1. The summed E-state index contributed by atoms with van der Waals surface area (Å²) in [6.07, 6.45) is 10.3. The van der Waals surface area contributed by atoms with Gasteiger partial charge in [0.15, 0.2) is 0 Å². The highest BCUT2D eigenvalue weighted by Crippen LogP contribution is 2.40. The maximum absolute atomic E-state index is 14.3. The Hall–Kier alpha value is -5.23. The Morgan fingerprint density at radius 2 is 1.47 bits per heavy atom. The van der Waals surface area contributed by atoms with Crippen LogP contribution in [-0.4, -0.2) is 19.3 Å². The predicted molar refractivity (Wildman–Crippen MR) is 199 cm³/mol. The fourth-order valence-corrected chi connectivity index (χ4v) is 7.33. The third-order valence-electron chi connectivity index (χ3n) is 9.62. The third-order valence-corrected chi connectivity index (χ3v) is 9.62. The van der Waals surface area contributed by atoms with Crippen molar-refractivity contribution in [3.8, 4) is 34.1 Å². The molecule has 0 amide bonds. The van der Waals surface area contributed by atoms with Gasteiger partial charge in [0.25, 0.3) is 0 Å². The molecule has 0 fully saturated rings. The number of hydrogen-bond acceptors (Lipinski definition) is 3. The topological polar surface area (TPSA) is 44.9 Å². The summed E-state index contributed by atoms with van der Waals surface area (Å²) in [5.41, 5.74) is 9.40. The van der Waals surface area contributed by atoms with E-state index in [1.54, 1.807) is 0 Å². The summed E-state index contributed by atoms with van der Waals surface area (Å²) in [4.78, 5) is 4.49. The minimum atomic E-state index is -0.331. The number of ether oxygens (including phenoxy) is 1. The average molecular weight is 651 g/mol. The van der Waals surface area contributed by atoms with E-state index >= 15 is 0 Å². The van der Waals surface area contributed by atoms with Crippen molar-refractivity contribution in [1.29, 1.82) is 0 Å². The van der Waals surface area contributed by atoms with Gasteiger partial charge in [-0.3, -0.25) is 4.57 Å². The van der Waals surface area contributed by atoms with Crippen LogP contribution in [0.4, 0.5) is 4.39 Å². The SMILES string of the molecule is CCCC(C)c1cc(C)cc(C(C)CCC)c1-c1cnn(-c2cccc(Oc3ccc4c5ccccc5n(-c5cc(F)ccn5)c4c3)c2)c1. The highest BCUT2D eigenvalue weighted by atomic mass is 19.1. The van der Waals surface area contributed by atoms with Gasteiger partial charge in [-0.25, -0.2) is 14.1 Å². The minimum Gasteiger partial charge on any atom is -0.457 e. The van der Waals surface area contributed by atoms with E-state index in [0.29, 0.717) is 29.2 Å². The zero-order valence-electron chi connectivity index (χ0n) is 29.0. The number of benzene rings is 4. The van der Waals surface area contributed by atoms with E-state index in [1.165, 1.54) is 40.6 Å². The van der Waals surface area contributed by atoms with Crippen molar-refractivity contribution >= 4 is 21.8 Å². The minimum absolute atomic E-state index is 0.331. The van der Waals surface area contributed by atoms with Gasteiger partial charge >= 0.3 is 0 Å². The van der Waals surface area contributed by atoms with Crippen molar-refractivity contribution in [2.24, 2.45) is 0 Å². The summed E-state index contributed by atoms with van der Waals surface area (Å²) in [6.45, 7) is 11.5. The number of fused-ring (bicyclic) bond motifs is 3. The van der Waals surface area contributed by atoms with Crippen LogP contribution in [-0.2, 0) is 0 Å². The number of rotatable bonds is 11. The summed E-state index contributed by atoms with van der Waals surface area (Å²) >= 11 is 0. The second-order valence-corrected chi connectivity index (χ2v) is 13.3. The van der Waals surface area contributed by atoms with Crippen LogP contribution in [0.15, 0.2) is 110 Å². The van der Waals surface area contributed by atoms with Gasteiger partial charge in [-0.1, -0.05) is 82.5 Å². The Labute approximate surface area is 288 Å². The molecule has 2 atom stereocenters. The van der Waals surface area contributed by atoms with Crippen LogP contribution in [0.1, 0.15) is 81.9 Å². The van der Waals surface area contributed by atoms with Crippen molar-refractivity contribution in [2.75, 3.05) is 0 Å². The van der Waals surface area contributed by atoms with E-state index in [2.05, 4.69) is 76.1 Å². The maximum atomic E-state index is 14.3. The quantitative estimate of drug-likeness (QED) is 0.140. The number of nitrogens with zero attached hydrogens (tertiary/aromatic N) is 4. The molecule has 0 bridgehead atoms. The molecule has 0 saturated heterocycles. The molecule has 0 aliphatic rings. The lowest BCUT2D eigenvalue weighted by Gasteiger charge is -2.23. The van der Waals surface area contributed by atoms with E-state index < -0.39 is 0 Å². The number of halogens is 1. The highest BCUT2D eigenvalue weighted by molar-refractivity contribution is 6.09. The first-order valence-corrected chi connectivity index (χ1v) is 17.5. The van der Waals surface area contributed by atoms with Gasteiger partial charge in [0.1, 0.15) is 23.1 Å².